The Labute approximate surface area is 266 Å². The molecular weight excluding hydrogens is 592 g/mol. The van der Waals surface area contributed by atoms with Crippen molar-refractivity contribution in [1.29, 1.82) is 0 Å². The fourth-order valence-corrected chi connectivity index (χ4v) is 6.31. The number of aromatic nitrogens is 1. The predicted octanol–water partition coefficient (Wildman–Crippen LogP) is 6.04. The van der Waals surface area contributed by atoms with E-state index < -0.39 is 11.6 Å². The van der Waals surface area contributed by atoms with Gasteiger partial charge in [-0.25, -0.2) is 13.8 Å². The smallest absolute Gasteiger partial charge is 0.256 e. The van der Waals surface area contributed by atoms with Gasteiger partial charge in [-0.3, -0.25) is 9.59 Å². The summed E-state index contributed by atoms with van der Waals surface area (Å²) in [5.41, 5.74) is 3.46. The average molecular weight is 628 g/mol. The summed E-state index contributed by atoms with van der Waals surface area (Å²) in [6, 6.07) is 17.8. The quantitative estimate of drug-likeness (QED) is 0.237. The third-order valence-electron chi connectivity index (χ3n) is 8.59. The molecular formula is C36H35F2N3O5. The maximum atomic E-state index is 14.9. The van der Waals surface area contributed by atoms with E-state index in [1.165, 1.54) is 18.2 Å². The second-order valence-corrected chi connectivity index (χ2v) is 11.7. The van der Waals surface area contributed by atoms with Crippen molar-refractivity contribution < 1.29 is 32.6 Å². The highest BCUT2D eigenvalue weighted by Gasteiger charge is 2.34. The number of amides is 2. The second kappa shape index (κ2) is 12.9. The molecule has 0 bridgehead atoms. The predicted molar refractivity (Wildman–Crippen MR) is 168 cm³/mol. The van der Waals surface area contributed by atoms with Crippen molar-refractivity contribution in [2.75, 3.05) is 27.4 Å². The van der Waals surface area contributed by atoms with Crippen LogP contribution in [0.3, 0.4) is 0 Å². The van der Waals surface area contributed by atoms with Crippen LogP contribution >= 0.6 is 0 Å². The first kappa shape index (κ1) is 31.2. The van der Waals surface area contributed by atoms with E-state index in [0.717, 1.165) is 11.1 Å². The van der Waals surface area contributed by atoms with Crippen LogP contribution in [0.1, 0.15) is 56.9 Å². The summed E-state index contributed by atoms with van der Waals surface area (Å²) >= 11 is 0. The number of nitrogens with zero attached hydrogens (tertiary/aromatic N) is 3. The molecule has 1 aromatic heterocycles. The van der Waals surface area contributed by atoms with E-state index >= 15 is 0 Å². The molecule has 0 aliphatic carbocycles. The first-order valence-corrected chi connectivity index (χ1v) is 15.1. The molecule has 0 spiro atoms. The van der Waals surface area contributed by atoms with E-state index in [-0.39, 0.29) is 54.7 Å². The summed E-state index contributed by atoms with van der Waals surface area (Å²) in [6.45, 7) is 5.30. The maximum Gasteiger partial charge on any atom is 0.256 e. The molecule has 46 heavy (non-hydrogen) atoms. The molecule has 0 saturated carbocycles. The van der Waals surface area contributed by atoms with Crippen molar-refractivity contribution in [2.24, 2.45) is 0 Å². The molecule has 0 N–H and O–H groups in total. The Morgan fingerprint density at radius 1 is 0.913 bits per heavy atom. The van der Waals surface area contributed by atoms with Gasteiger partial charge in [0.2, 0.25) is 0 Å². The topological polar surface area (TPSA) is 81.2 Å². The fraction of sp³-hybridized carbons (Fsp3) is 0.306. The summed E-state index contributed by atoms with van der Waals surface area (Å²) in [6.07, 6.45) is 0.290. The van der Waals surface area contributed by atoms with Gasteiger partial charge in [0.15, 0.2) is 0 Å². The molecule has 6 rings (SSSR count). The van der Waals surface area contributed by atoms with Crippen LogP contribution in [0, 0.1) is 11.6 Å². The lowest BCUT2D eigenvalue weighted by Crippen LogP contribution is -2.52. The Hall–Kier alpha value is -4.83. The second-order valence-electron chi connectivity index (χ2n) is 11.7. The molecule has 8 nitrogen and oxygen atoms in total. The number of pyridine rings is 1. The Kier molecular flexibility index (Phi) is 8.73. The van der Waals surface area contributed by atoms with E-state index in [1.54, 1.807) is 49.5 Å². The van der Waals surface area contributed by atoms with Gasteiger partial charge < -0.3 is 24.0 Å². The molecule has 1 saturated heterocycles. The lowest BCUT2D eigenvalue weighted by molar-refractivity contribution is -0.0249. The summed E-state index contributed by atoms with van der Waals surface area (Å²) in [5.74, 6) is -0.594. The Morgan fingerprint density at radius 2 is 1.61 bits per heavy atom. The van der Waals surface area contributed by atoms with Gasteiger partial charge in [-0.05, 0) is 73.9 Å². The van der Waals surface area contributed by atoms with Gasteiger partial charge >= 0.3 is 0 Å². The number of carbonyl (C=O) groups is 2. The van der Waals surface area contributed by atoms with E-state index in [4.69, 9.17) is 14.2 Å². The minimum absolute atomic E-state index is 0.0422. The lowest BCUT2D eigenvalue weighted by atomic mass is 9.96. The Bertz CT molecular complexity index is 1770. The first-order valence-electron chi connectivity index (χ1n) is 15.1. The summed E-state index contributed by atoms with van der Waals surface area (Å²) in [5, 5.41) is 0. The van der Waals surface area contributed by atoms with Crippen molar-refractivity contribution in [1.82, 2.24) is 14.8 Å². The zero-order valence-electron chi connectivity index (χ0n) is 26.2. The van der Waals surface area contributed by atoms with E-state index in [0.29, 0.717) is 47.1 Å². The Morgan fingerprint density at radius 3 is 2.26 bits per heavy atom. The molecule has 1 fully saturated rings. The number of halogens is 2. The zero-order chi connectivity index (χ0) is 32.5. The van der Waals surface area contributed by atoms with E-state index in [1.807, 2.05) is 36.9 Å². The van der Waals surface area contributed by atoms with E-state index in [9.17, 15) is 18.4 Å². The number of benzene rings is 3. The number of ether oxygens (including phenoxy) is 3. The van der Waals surface area contributed by atoms with Crippen molar-refractivity contribution in [3.8, 4) is 22.8 Å². The zero-order valence-corrected chi connectivity index (χ0v) is 26.2. The lowest BCUT2D eigenvalue weighted by Gasteiger charge is -2.38. The third kappa shape index (κ3) is 5.92. The van der Waals surface area contributed by atoms with Crippen molar-refractivity contribution in [2.45, 2.75) is 45.4 Å². The van der Waals surface area contributed by atoms with Crippen LogP contribution < -0.4 is 9.47 Å². The van der Waals surface area contributed by atoms with Crippen molar-refractivity contribution >= 4 is 11.8 Å². The van der Waals surface area contributed by atoms with Gasteiger partial charge in [0.1, 0.15) is 23.1 Å². The molecule has 10 heteroatoms. The highest BCUT2D eigenvalue weighted by molar-refractivity contribution is 6.00. The van der Waals surface area contributed by atoms with Gasteiger partial charge in [-0.15, -0.1) is 0 Å². The molecule has 0 unspecified atom stereocenters. The highest BCUT2D eigenvalue weighted by Crippen LogP contribution is 2.35. The standard InChI is InChI=1S/C36H35F2N3O5/c1-21-19-46-20-22(2)41(21)35(42)24-10-8-23(9-11-24)14-26-15-30(34-28(37)6-5-7-29(34)38)39-31-18-40(36(43)33(26)31)17-25-12-13-27(44-3)16-32(25)45-4/h5-13,15-16,21-22H,14,17-20H2,1-4H3/t21-,22-/m1/s1. The SMILES string of the molecule is COc1ccc(CN2Cc3nc(-c4c(F)cccc4F)cc(Cc4ccc(C(=O)N5[C@H](C)COC[C@H]5C)cc4)c3C2=O)c(OC)c1. The normalized spacial score (nSPS) is 17.7. The molecule has 2 atom stereocenters. The first-order chi connectivity index (χ1) is 22.2. The fourth-order valence-electron chi connectivity index (χ4n) is 6.31. The summed E-state index contributed by atoms with van der Waals surface area (Å²) in [7, 11) is 3.11. The maximum absolute atomic E-state index is 14.9. The number of hydrogen-bond donors (Lipinski definition) is 0. The van der Waals surface area contributed by atoms with E-state index in [2.05, 4.69) is 4.98 Å². The van der Waals surface area contributed by atoms with Gasteiger partial charge in [0.25, 0.3) is 11.8 Å². The monoisotopic (exact) mass is 627 g/mol. The molecule has 2 aliphatic heterocycles. The molecule has 2 amide bonds. The number of fused-ring (bicyclic) bond motifs is 1. The average Bonchev–Trinajstić information content (AvgIpc) is 3.36. The molecule has 0 radical (unpaired) electrons. The van der Waals surface area contributed by atoms with Crippen LogP contribution in [0.15, 0.2) is 66.7 Å². The number of rotatable bonds is 8. The highest BCUT2D eigenvalue weighted by atomic mass is 19.1. The molecule has 238 valence electrons. The summed E-state index contributed by atoms with van der Waals surface area (Å²) in [4.78, 5) is 35.3. The van der Waals surface area contributed by atoms with Gasteiger partial charge in [0, 0.05) is 17.2 Å². The van der Waals surface area contributed by atoms with Crippen LogP contribution in [0.2, 0.25) is 0 Å². The van der Waals surface area contributed by atoms with Crippen LogP contribution in [0.25, 0.3) is 11.3 Å². The van der Waals surface area contributed by atoms with Crippen LogP contribution in [-0.2, 0) is 24.2 Å². The minimum atomic E-state index is -0.739. The molecule has 3 aromatic carbocycles. The van der Waals surface area contributed by atoms with Crippen LogP contribution in [0.4, 0.5) is 8.78 Å². The minimum Gasteiger partial charge on any atom is -0.497 e. The van der Waals surface area contributed by atoms with Gasteiger partial charge in [-0.1, -0.05) is 18.2 Å². The third-order valence-corrected chi connectivity index (χ3v) is 8.59. The number of methoxy groups -OCH3 is 2. The van der Waals surface area contributed by atoms with Crippen molar-refractivity contribution in [3.05, 3.63) is 112 Å². The van der Waals surface area contributed by atoms with Crippen molar-refractivity contribution in [3.63, 3.8) is 0 Å². The molecule has 4 aromatic rings. The summed E-state index contributed by atoms with van der Waals surface area (Å²) < 4.78 is 46.3. The van der Waals surface area contributed by atoms with Gasteiger partial charge in [-0.2, -0.15) is 0 Å². The number of morpholine rings is 1. The van der Waals surface area contributed by atoms with Gasteiger partial charge in [0.05, 0.1) is 75.1 Å². The number of carbonyl (C=O) groups excluding carboxylic acids is 2. The van der Waals surface area contributed by atoms with Crippen LogP contribution in [0.5, 0.6) is 11.5 Å². The molecule has 3 heterocycles. The van der Waals surface area contributed by atoms with Crippen LogP contribution in [-0.4, -0.2) is 66.1 Å². The largest absolute Gasteiger partial charge is 0.497 e. The molecule has 2 aliphatic rings. The Balaban J connectivity index is 1.34. The number of hydrogen-bond acceptors (Lipinski definition) is 6.